The molecule has 12 heteroatoms. The minimum Gasteiger partial charge on any atom is -0.508 e. The van der Waals surface area contributed by atoms with Gasteiger partial charge in [-0.15, -0.1) is 6.58 Å². The predicted octanol–water partition coefficient (Wildman–Crippen LogP) is 3.89. The van der Waals surface area contributed by atoms with Crippen molar-refractivity contribution in [2.45, 2.75) is 44.4 Å². The van der Waals surface area contributed by atoms with E-state index in [9.17, 15) is 24.3 Å². The molecule has 2 saturated heterocycles. The molecule has 0 unspecified atom stereocenters. The van der Waals surface area contributed by atoms with Crippen LogP contribution in [0, 0.1) is 0 Å². The van der Waals surface area contributed by atoms with E-state index in [4.69, 9.17) is 0 Å². The number of aromatic nitrogens is 1. The van der Waals surface area contributed by atoms with Gasteiger partial charge in [0.05, 0.1) is 24.2 Å². The molecule has 0 aliphatic carbocycles. The maximum Gasteiger partial charge on any atom is 0.255 e. The normalized spacial score (nSPS) is 17.7. The Hall–Kier alpha value is -5.46. The van der Waals surface area contributed by atoms with Gasteiger partial charge < -0.3 is 29.3 Å². The second-order valence-electron chi connectivity index (χ2n) is 14.6. The number of aromatic hydroxyl groups is 1. The first-order valence-corrected chi connectivity index (χ1v) is 18.5. The molecule has 0 saturated carbocycles. The molecule has 284 valence electrons. The molecule has 4 aromatic rings. The highest BCUT2D eigenvalue weighted by atomic mass is 16.3. The van der Waals surface area contributed by atoms with Crippen LogP contribution in [0.1, 0.15) is 39.9 Å². The van der Waals surface area contributed by atoms with Gasteiger partial charge in [0, 0.05) is 58.2 Å². The smallest absolute Gasteiger partial charge is 0.255 e. The molecule has 6 rings (SSSR count). The number of nitrogens with zero attached hydrogens (tertiary/aromatic N) is 7. The van der Waals surface area contributed by atoms with Crippen LogP contribution < -0.4 is 0 Å². The van der Waals surface area contributed by atoms with E-state index in [1.165, 1.54) is 0 Å². The van der Waals surface area contributed by atoms with Gasteiger partial charge in [0.15, 0.2) is 0 Å². The number of hydrazine groups is 1. The highest BCUT2D eigenvalue weighted by Gasteiger charge is 2.51. The highest BCUT2D eigenvalue weighted by molar-refractivity contribution is 6.07. The zero-order chi connectivity index (χ0) is 38.5. The van der Waals surface area contributed by atoms with E-state index in [0.717, 1.165) is 40.6 Å². The third kappa shape index (κ3) is 8.19. The molecule has 3 heterocycles. The van der Waals surface area contributed by atoms with E-state index < -0.39 is 12.2 Å². The summed E-state index contributed by atoms with van der Waals surface area (Å²) in [5, 5.41) is 14.2. The molecule has 0 bridgehead atoms. The van der Waals surface area contributed by atoms with E-state index in [1.807, 2.05) is 87.5 Å². The number of benzene rings is 3. The molecular formula is C42H51N7O5. The van der Waals surface area contributed by atoms with E-state index in [2.05, 4.69) is 11.5 Å². The first-order valence-electron chi connectivity index (χ1n) is 18.5. The van der Waals surface area contributed by atoms with Crippen LogP contribution in [-0.4, -0.2) is 129 Å². The van der Waals surface area contributed by atoms with Gasteiger partial charge in [-0.1, -0.05) is 66.7 Å². The maximum absolute atomic E-state index is 14.6. The lowest BCUT2D eigenvalue weighted by molar-refractivity contribution is -0.205. The fraction of sp³-hybridized carbons (Fsp3) is 0.381. The van der Waals surface area contributed by atoms with Crippen LogP contribution >= 0.6 is 0 Å². The minimum absolute atomic E-state index is 0.0668. The quantitative estimate of drug-likeness (QED) is 0.196. The Kier molecular flexibility index (Phi) is 11.8. The van der Waals surface area contributed by atoms with Crippen molar-refractivity contribution < 1.29 is 24.3 Å². The van der Waals surface area contributed by atoms with E-state index in [0.29, 0.717) is 18.5 Å². The van der Waals surface area contributed by atoms with E-state index >= 15 is 0 Å². The van der Waals surface area contributed by atoms with Gasteiger partial charge in [-0.25, -0.2) is 10.0 Å². The number of aryl methyl sites for hydroxylation is 2. The molecule has 2 fully saturated rings. The second kappa shape index (κ2) is 16.7. The largest absolute Gasteiger partial charge is 0.508 e. The fourth-order valence-corrected chi connectivity index (χ4v) is 7.76. The number of carbonyl (C=O) groups is 4. The third-order valence-corrected chi connectivity index (χ3v) is 10.4. The predicted molar refractivity (Wildman–Crippen MR) is 208 cm³/mol. The molecule has 4 amide bonds. The van der Waals surface area contributed by atoms with Gasteiger partial charge in [0.1, 0.15) is 18.0 Å². The number of para-hydroxylation sites is 1. The maximum atomic E-state index is 14.6. The van der Waals surface area contributed by atoms with Crippen molar-refractivity contribution in [1.82, 2.24) is 34.2 Å². The van der Waals surface area contributed by atoms with Crippen molar-refractivity contribution >= 4 is 34.5 Å². The number of carbonyl (C=O) groups excluding carboxylic acids is 4. The lowest BCUT2D eigenvalue weighted by Crippen LogP contribution is -2.75. The highest BCUT2D eigenvalue weighted by Crippen LogP contribution is 2.32. The van der Waals surface area contributed by atoms with Gasteiger partial charge in [-0.3, -0.25) is 19.2 Å². The molecule has 1 N–H and O–H groups in total. The van der Waals surface area contributed by atoms with Crippen molar-refractivity contribution in [1.29, 1.82) is 0 Å². The van der Waals surface area contributed by atoms with Crippen LogP contribution in [0.3, 0.4) is 0 Å². The van der Waals surface area contributed by atoms with Crippen molar-refractivity contribution in [3.63, 3.8) is 0 Å². The van der Waals surface area contributed by atoms with Crippen molar-refractivity contribution in [3.05, 3.63) is 114 Å². The first kappa shape index (κ1) is 38.3. The zero-order valence-corrected chi connectivity index (χ0v) is 31.7. The number of amides is 4. The summed E-state index contributed by atoms with van der Waals surface area (Å²) in [6.45, 7) is 5.92. The van der Waals surface area contributed by atoms with Gasteiger partial charge in [0.2, 0.25) is 17.7 Å². The number of rotatable bonds is 14. The summed E-state index contributed by atoms with van der Waals surface area (Å²) in [6.07, 6.45) is 4.58. The number of phenolic OH excluding ortho intramolecular Hbond substituents is 1. The number of phenols is 1. The van der Waals surface area contributed by atoms with Gasteiger partial charge >= 0.3 is 0 Å². The Balaban J connectivity index is 1.35. The molecule has 2 aliphatic rings. The van der Waals surface area contributed by atoms with Crippen LogP contribution in [0.2, 0.25) is 0 Å². The number of piperazine rings is 1. The number of hydrogen-bond donors (Lipinski definition) is 1. The summed E-state index contributed by atoms with van der Waals surface area (Å²) in [4.78, 5) is 63.8. The minimum atomic E-state index is -0.892. The van der Waals surface area contributed by atoms with Crippen LogP contribution in [-0.2, 0) is 40.8 Å². The Labute approximate surface area is 317 Å². The molecule has 0 radical (unpaired) electrons. The molecule has 0 spiro atoms. The number of fused-ring (bicyclic) bond motifs is 2. The van der Waals surface area contributed by atoms with Crippen molar-refractivity contribution in [2.24, 2.45) is 7.05 Å². The summed E-state index contributed by atoms with van der Waals surface area (Å²) in [6, 6.07) is 21.3. The number of hydrogen-bond acceptors (Lipinski definition) is 7. The Bertz CT molecular complexity index is 1990. The van der Waals surface area contributed by atoms with Crippen LogP contribution in [0.5, 0.6) is 5.75 Å². The fourth-order valence-electron chi connectivity index (χ4n) is 7.76. The Morgan fingerprint density at radius 1 is 0.944 bits per heavy atom. The summed E-state index contributed by atoms with van der Waals surface area (Å²) < 4.78 is 1.94. The molecular weight excluding hydrogens is 683 g/mol. The average molecular weight is 734 g/mol. The zero-order valence-electron chi connectivity index (χ0n) is 31.7. The Morgan fingerprint density at radius 3 is 2.39 bits per heavy atom. The summed E-state index contributed by atoms with van der Waals surface area (Å²) in [5.41, 5.74) is 4.09. The first-order chi connectivity index (χ1) is 26.0. The average Bonchev–Trinajstić information content (AvgIpc) is 3.50. The molecule has 54 heavy (non-hydrogen) atoms. The topological polar surface area (TPSA) is 113 Å². The van der Waals surface area contributed by atoms with Crippen molar-refractivity contribution in [3.8, 4) is 5.75 Å². The molecule has 3 aromatic carbocycles. The monoisotopic (exact) mass is 733 g/mol. The van der Waals surface area contributed by atoms with Crippen LogP contribution in [0.15, 0.2) is 91.6 Å². The third-order valence-electron chi connectivity index (χ3n) is 10.4. The van der Waals surface area contributed by atoms with Gasteiger partial charge in [0.25, 0.3) is 5.91 Å². The summed E-state index contributed by atoms with van der Waals surface area (Å²) >= 11 is 0. The van der Waals surface area contributed by atoms with E-state index in [-0.39, 0.29) is 68.4 Å². The lowest BCUT2D eigenvalue weighted by atomic mass is 9.97. The van der Waals surface area contributed by atoms with Crippen LogP contribution in [0.25, 0.3) is 10.9 Å². The standard InChI is InChI=1S/C42H51N7O5/c1-6-22-47-29-39(52)48-36(25-31-16-19-33(50)20-17-31)42(54)46(28-37(48)49(47)38(51)21-18-30-12-8-7-9-13-30)26-32-14-10-15-34-35(27-45(5)40(32)34)41(53)44(4)24-11-23-43(2)3/h6-10,12-17,19-20,27,36-37,50H,1,11,18,21-26,28-29H2,2-5H3/t36-,37-/m0/s1. The second-order valence-corrected chi connectivity index (χ2v) is 14.6. The summed E-state index contributed by atoms with van der Waals surface area (Å²) in [7, 11) is 7.75. The molecule has 2 aliphatic heterocycles. The van der Waals surface area contributed by atoms with Gasteiger partial charge in [-0.2, -0.15) is 0 Å². The van der Waals surface area contributed by atoms with Crippen LogP contribution in [0.4, 0.5) is 0 Å². The Morgan fingerprint density at radius 2 is 1.69 bits per heavy atom. The molecule has 2 atom stereocenters. The SMILES string of the molecule is C=CCN1CC(=O)N2[C@@H](Cc3ccc(O)cc3)C(=O)N(Cc3cccc4c(C(=O)N(C)CCCN(C)C)cn(C)c34)C[C@@H]2N1C(=O)CCc1ccccc1. The van der Waals surface area contributed by atoms with Gasteiger partial charge in [-0.05, 0) is 62.3 Å². The molecule has 1 aromatic heterocycles. The summed E-state index contributed by atoms with van der Waals surface area (Å²) in [5.74, 6) is -0.588. The molecule has 12 nitrogen and oxygen atoms in total. The van der Waals surface area contributed by atoms with E-state index in [1.54, 1.807) is 55.1 Å². The van der Waals surface area contributed by atoms with Crippen molar-refractivity contribution in [2.75, 3.05) is 53.9 Å². The lowest BCUT2D eigenvalue weighted by Gasteiger charge is -2.55.